The highest BCUT2D eigenvalue weighted by Crippen LogP contribution is 2.39. The molecule has 7 rings (SSSR count). The van der Waals surface area contributed by atoms with Crippen molar-refractivity contribution in [2.24, 2.45) is 0 Å². The second-order valence-electron chi connectivity index (χ2n) is 14.9. The van der Waals surface area contributed by atoms with Crippen molar-refractivity contribution in [3.63, 3.8) is 0 Å². The molecule has 2 aliphatic heterocycles. The number of aliphatic hydroxyl groups excluding tert-OH is 1. The number of nitrogens with one attached hydrogen (secondary N) is 3. The van der Waals surface area contributed by atoms with Crippen molar-refractivity contribution >= 4 is 22.8 Å². The molecule has 5 aromatic rings. The number of imidazole rings is 1. The first-order valence-electron chi connectivity index (χ1n) is 19.7. The van der Waals surface area contributed by atoms with Crippen molar-refractivity contribution in [2.75, 3.05) is 19.6 Å². The summed E-state index contributed by atoms with van der Waals surface area (Å²) in [6.07, 6.45) is 4.28. The fraction of sp³-hybridized carbons (Fsp3) is 0.386. The third-order valence-electron chi connectivity index (χ3n) is 11.0. The summed E-state index contributed by atoms with van der Waals surface area (Å²) in [5.41, 5.74) is 9.30. The molecule has 12 nitrogen and oxygen atoms in total. The van der Waals surface area contributed by atoms with Gasteiger partial charge < -0.3 is 29.8 Å². The van der Waals surface area contributed by atoms with Gasteiger partial charge >= 0.3 is 5.69 Å². The third-order valence-corrected chi connectivity index (χ3v) is 11.0. The summed E-state index contributed by atoms with van der Waals surface area (Å²) in [5, 5.41) is 21.2. The maximum Gasteiger partial charge on any atom is 0.326 e. The molecule has 1 aromatic heterocycles. The van der Waals surface area contributed by atoms with E-state index in [1.807, 2.05) is 65.2 Å². The molecule has 0 unspecified atom stereocenters. The Kier molecular flexibility index (Phi) is 13.1. The van der Waals surface area contributed by atoms with E-state index >= 15 is 0 Å². The first-order valence-corrected chi connectivity index (χ1v) is 19.7. The number of piperidine rings is 1. The SMILES string of the molecule is O=C(CCCCCC(=O)NCc1cccc(-c2ccc([C@H]3O[C@@H](CN4CCC(n5c(=O)[nH]c6ccccc65)CC4)C[C@@H](c4ccc(CO)cc4)O3)cc2)c1)NO. The van der Waals surface area contributed by atoms with E-state index in [1.165, 1.54) is 0 Å². The van der Waals surface area contributed by atoms with Gasteiger partial charge in [0.05, 0.1) is 29.8 Å². The van der Waals surface area contributed by atoms with Crippen molar-refractivity contribution in [2.45, 2.75) is 89.1 Å². The molecule has 0 saturated carbocycles. The molecule has 2 fully saturated rings. The highest BCUT2D eigenvalue weighted by molar-refractivity contribution is 5.76. The topological polar surface area (TPSA) is 158 Å². The maximum absolute atomic E-state index is 12.9. The van der Waals surface area contributed by atoms with Gasteiger partial charge in [-0.3, -0.25) is 19.4 Å². The lowest BCUT2D eigenvalue weighted by atomic mass is 9.98. The Morgan fingerprint density at radius 3 is 2.27 bits per heavy atom. The van der Waals surface area contributed by atoms with Crippen LogP contribution < -0.4 is 16.5 Å². The fourth-order valence-corrected chi connectivity index (χ4v) is 7.90. The summed E-state index contributed by atoms with van der Waals surface area (Å²) < 4.78 is 15.3. The number of hydroxylamine groups is 1. The fourth-order valence-electron chi connectivity index (χ4n) is 7.90. The Morgan fingerprint density at radius 1 is 0.786 bits per heavy atom. The van der Waals surface area contributed by atoms with E-state index in [1.54, 1.807) is 5.48 Å². The summed E-state index contributed by atoms with van der Waals surface area (Å²) in [5.74, 6) is -0.447. The minimum Gasteiger partial charge on any atom is -0.392 e. The number of fused-ring (bicyclic) bond motifs is 1. The average molecular weight is 762 g/mol. The Balaban J connectivity index is 0.978. The van der Waals surface area contributed by atoms with Crippen LogP contribution in [0, 0.1) is 0 Å². The van der Waals surface area contributed by atoms with Crippen LogP contribution in [-0.4, -0.2) is 62.3 Å². The number of ether oxygens (including phenoxy) is 2. The number of rotatable bonds is 15. The Hall–Kier alpha value is -5.11. The smallest absolute Gasteiger partial charge is 0.326 e. The number of amides is 2. The molecule has 12 heteroatoms. The second kappa shape index (κ2) is 18.7. The standard InChI is InChI=1S/C44H51N5O7/c50-29-30-13-15-33(16-14-30)40-26-37(28-48-23-21-36(22-24-48)49-39-10-5-4-9-38(39)46-44(49)53)55-43(56-40)34-19-17-32(18-20-34)35-8-6-7-31(25-35)27-45-41(51)11-2-1-3-12-42(52)47-54/h4-10,13-20,25,36-37,40,43,50,54H,1-3,11-12,21-24,26-29H2,(H,45,51)(H,46,53)(H,47,52)/t37-,40+,43+/m1/s1. The molecule has 5 N–H and O–H groups in total. The summed E-state index contributed by atoms with van der Waals surface area (Å²) >= 11 is 0. The molecule has 0 radical (unpaired) electrons. The first kappa shape index (κ1) is 39.1. The van der Waals surface area contributed by atoms with E-state index in [4.69, 9.17) is 14.7 Å². The van der Waals surface area contributed by atoms with Crippen LogP contribution in [0.25, 0.3) is 22.2 Å². The Bertz CT molecular complexity index is 2120. The lowest BCUT2D eigenvalue weighted by Gasteiger charge is -2.40. The predicted molar refractivity (Wildman–Crippen MR) is 212 cm³/mol. The molecule has 0 aliphatic carbocycles. The zero-order valence-corrected chi connectivity index (χ0v) is 31.6. The van der Waals surface area contributed by atoms with Gasteiger partial charge in [0.2, 0.25) is 11.8 Å². The van der Waals surface area contributed by atoms with Crippen LogP contribution in [0.2, 0.25) is 0 Å². The highest BCUT2D eigenvalue weighted by atomic mass is 16.7. The van der Waals surface area contributed by atoms with Gasteiger partial charge in [0, 0.05) is 57.0 Å². The summed E-state index contributed by atoms with van der Waals surface area (Å²) in [6.45, 7) is 2.89. The number of likely N-dealkylation sites (tertiary alicyclic amines) is 1. The van der Waals surface area contributed by atoms with E-state index in [0.717, 1.165) is 83.3 Å². The largest absolute Gasteiger partial charge is 0.392 e. The quantitative estimate of drug-likeness (QED) is 0.0463. The van der Waals surface area contributed by atoms with Gasteiger partial charge in [0.1, 0.15) is 0 Å². The van der Waals surface area contributed by atoms with Crippen molar-refractivity contribution in [1.29, 1.82) is 0 Å². The summed E-state index contributed by atoms with van der Waals surface area (Å²) in [6, 6.07) is 32.3. The first-order chi connectivity index (χ1) is 27.4. The molecule has 2 aliphatic rings. The zero-order valence-electron chi connectivity index (χ0n) is 31.6. The number of hydrogen-bond donors (Lipinski definition) is 5. The van der Waals surface area contributed by atoms with E-state index in [2.05, 4.69) is 51.6 Å². The third kappa shape index (κ3) is 9.81. The Morgan fingerprint density at radius 2 is 1.52 bits per heavy atom. The lowest BCUT2D eigenvalue weighted by molar-refractivity contribution is -0.253. The normalized spacial score (nSPS) is 19.2. The van der Waals surface area contributed by atoms with Crippen LogP contribution in [0.5, 0.6) is 0 Å². The molecule has 0 bridgehead atoms. The molecule has 4 aromatic carbocycles. The van der Waals surface area contributed by atoms with Crippen LogP contribution in [0.3, 0.4) is 0 Å². The van der Waals surface area contributed by atoms with Crippen molar-refractivity contribution in [3.05, 3.63) is 130 Å². The number of aliphatic hydroxyl groups is 1. The number of benzene rings is 4. The van der Waals surface area contributed by atoms with Crippen LogP contribution in [0.4, 0.5) is 0 Å². The minimum atomic E-state index is -0.568. The maximum atomic E-state index is 12.9. The van der Waals surface area contributed by atoms with Crippen LogP contribution in [-0.2, 0) is 32.2 Å². The van der Waals surface area contributed by atoms with Crippen molar-refractivity contribution < 1.29 is 29.4 Å². The van der Waals surface area contributed by atoms with E-state index < -0.39 is 12.2 Å². The minimum absolute atomic E-state index is 0.0127. The number of carbonyl (C=O) groups is 2. The second-order valence-corrected chi connectivity index (χ2v) is 14.9. The average Bonchev–Trinajstić information content (AvgIpc) is 3.58. The van der Waals surface area contributed by atoms with E-state index in [-0.39, 0.29) is 42.9 Å². The number of para-hydroxylation sites is 2. The lowest BCUT2D eigenvalue weighted by Crippen LogP contribution is -2.43. The molecule has 2 saturated heterocycles. The van der Waals surface area contributed by atoms with Crippen LogP contribution >= 0.6 is 0 Å². The molecule has 2 amide bonds. The molecule has 3 atom stereocenters. The molecule has 294 valence electrons. The summed E-state index contributed by atoms with van der Waals surface area (Å²) in [7, 11) is 0. The van der Waals surface area contributed by atoms with Gasteiger partial charge in [-0.25, -0.2) is 10.3 Å². The number of aromatic nitrogens is 2. The highest BCUT2D eigenvalue weighted by Gasteiger charge is 2.34. The number of aromatic amines is 1. The molecular formula is C44H51N5O7. The molecule has 56 heavy (non-hydrogen) atoms. The molecule has 3 heterocycles. The number of H-pyrrole nitrogens is 1. The molecule has 0 spiro atoms. The van der Waals surface area contributed by atoms with E-state index in [9.17, 15) is 19.5 Å². The van der Waals surface area contributed by atoms with Crippen molar-refractivity contribution in [3.8, 4) is 11.1 Å². The zero-order chi connectivity index (χ0) is 38.9. The summed E-state index contributed by atoms with van der Waals surface area (Å²) in [4.78, 5) is 41.9. The predicted octanol–water partition coefficient (Wildman–Crippen LogP) is 6.44. The van der Waals surface area contributed by atoms with Gasteiger partial charge in [-0.1, -0.05) is 85.3 Å². The van der Waals surface area contributed by atoms with E-state index in [0.29, 0.717) is 32.2 Å². The van der Waals surface area contributed by atoms with Gasteiger partial charge in [-0.15, -0.1) is 0 Å². The van der Waals surface area contributed by atoms with Gasteiger partial charge in [0.25, 0.3) is 0 Å². The van der Waals surface area contributed by atoms with Gasteiger partial charge in [0.15, 0.2) is 6.29 Å². The number of hydrogen-bond acceptors (Lipinski definition) is 8. The van der Waals surface area contributed by atoms with Gasteiger partial charge in [-0.2, -0.15) is 0 Å². The number of carbonyl (C=O) groups excluding carboxylic acids is 2. The van der Waals surface area contributed by atoms with Gasteiger partial charge in [-0.05, 0) is 71.7 Å². The van der Waals surface area contributed by atoms with Crippen molar-refractivity contribution in [1.82, 2.24) is 25.2 Å². The van der Waals surface area contributed by atoms with Crippen LogP contribution in [0.1, 0.15) is 92.1 Å². The van der Waals surface area contributed by atoms with Crippen LogP contribution in [0.15, 0.2) is 102 Å². The number of nitrogens with zero attached hydrogens (tertiary/aromatic N) is 2. The monoisotopic (exact) mass is 761 g/mol. The number of unbranched alkanes of at least 4 members (excludes halogenated alkanes) is 2. The Labute approximate surface area is 326 Å². The molecular weight excluding hydrogens is 711 g/mol.